The van der Waals surface area contributed by atoms with Crippen LogP contribution in [0.4, 0.5) is 4.39 Å². The van der Waals surface area contributed by atoms with Gasteiger partial charge in [-0.15, -0.1) is 0 Å². The lowest BCUT2D eigenvalue weighted by atomic mass is 9.89. The first-order valence-corrected chi connectivity index (χ1v) is 10.3. The molecule has 1 saturated heterocycles. The van der Waals surface area contributed by atoms with Crippen molar-refractivity contribution in [2.75, 3.05) is 40.9 Å². The van der Waals surface area contributed by atoms with E-state index in [9.17, 15) is 4.39 Å². The Bertz CT molecular complexity index is 667. The molecule has 1 aliphatic rings. The monoisotopic (exact) mass is 408 g/mol. The lowest BCUT2D eigenvalue weighted by molar-refractivity contribution is 0.0204. The van der Waals surface area contributed by atoms with Crippen molar-refractivity contribution in [2.45, 2.75) is 52.3 Å². The molecule has 2 rings (SSSR count). The molecule has 1 aromatic carbocycles. The fraction of sp³-hybridized carbons (Fsp3) is 0.682. The number of aliphatic imine (C=N–C) groups is 1. The molecule has 6 nitrogen and oxygen atoms in total. The predicted octanol–water partition coefficient (Wildman–Crippen LogP) is 3.02. The number of halogens is 1. The second-order valence-corrected chi connectivity index (χ2v) is 8.71. The number of methoxy groups -OCH3 is 2. The number of likely N-dealkylation sites (tertiary alicyclic amines) is 1. The largest absolute Gasteiger partial charge is 0.494 e. The van der Waals surface area contributed by atoms with Gasteiger partial charge in [-0.25, -0.2) is 4.39 Å². The zero-order valence-corrected chi connectivity index (χ0v) is 18.7. The van der Waals surface area contributed by atoms with Gasteiger partial charge in [0.25, 0.3) is 0 Å². The fourth-order valence-corrected chi connectivity index (χ4v) is 3.62. The molecule has 7 heteroatoms. The van der Waals surface area contributed by atoms with Crippen molar-refractivity contribution in [3.05, 3.63) is 29.6 Å². The normalized spacial score (nSPS) is 17.8. The third-order valence-corrected chi connectivity index (χ3v) is 5.48. The third-order valence-electron chi connectivity index (χ3n) is 5.48. The maximum Gasteiger partial charge on any atom is 0.191 e. The van der Waals surface area contributed by atoms with Gasteiger partial charge in [-0.2, -0.15) is 0 Å². The summed E-state index contributed by atoms with van der Waals surface area (Å²) in [7, 11) is 5.02. The Morgan fingerprint density at radius 2 is 1.97 bits per heavy atom. The Morgan fingerprint density at radius 1 is 1.28 bits per heavy atom. The van der Waals surface area contributed by atoms with Gasteiger partial charge in [0.2, 0.25) is 0 Å². The highest BCUT2D eigenvalue weighted by molar-refractivity contribution is 5.80. The number of hydrogen-bond donors (Lipinski definition) is 2. The van der Waals surface area contributed by atoms with Crippen LogP contribution in [0, 0.1) is 11.2 Å². The van der Waals surface area contributed by atoms with Gasteiger partial charge in [-0.3, -0.25) is 9.89 Å². The summed E-state index contributed by atoms with van der Waals surface area (Å²) in [5.74, 6) is 0.797. The smallest absolute Gasteiger partial charge is 0.191 e. The Morgan fingerprint density at radius 3 is 2.48 bits per heavy atom. The molecule has 0 spiro atoms. The number of guanidine groups is 1. The van der Waals surface area contributed by atoms with Gasteiger partial charge in [-0.05, 0) is 36.0 Å². The lowest BCUT2D eigenvalue weighted by Gasteiger charge is -2.34. The topological polar surface area (TPSA) is 58.1 Å². The molecule has 1 atom stereocenters. The van der Waals surface area contributed by atoms with E-state index in [2.05, 4.69) is 41.3 Å². The predicted molar refractivity (Wildman–Crippen MR) is 116 cm³/mol. The van der Waals surface area contributed by atoms with E-state index < -0.39 is 0 Å². The standard InChI is InChI=1S/C22H37FN4O2/c1-22(2,3)20(29-6)14-25-21(24-4)26-17-9-11-27(12-10-17)15-16-7-8-19(28-5)18(23)13-16/h7-8,13,17,20H,9-12,14-15H2,1-6H3,(H2,24,25,26). The summed E-state index contributed by atoms with van der Waals surface area (Å²) in [6.07, 6.45) is 2.14. The van der Waals surface area contributed by atoms with Gasteiger partial charge < -0.3 is 20.1 Å². The summed E-state index contributed by atoms with van der Waals surface area (Å²) in [5.41, 5.74) is 1.03. The number of hydrogen-bond acceptors (Lipinski definition) is 4. The number of piperidine rings is 1. The molecule has 164 valence electrons. The van der Waals surface area contributed by atoms with Crippen LogP contribution in [0.5, 0.6) is 5.75 Å². The second-order valence-electron chi connectivity index (χ2n) is 8.71. The molecule has 0 aromatic heterocycles. The van der Waals surface area contributed by atoms with Crippen LogP contribution in [0.25, 0.3) is 0 Å². The van der Waals surface area contributed by atoms with E-state index in [4.69, 9.17) is 9.47 Å². The minimum absolute atomic E-state index is 0.0624. The molecular formula is C22H37FN4O2. The van der Waals surface area contributed by atoms with Crippen molar-refractivity contribution in [1.82, 2.24) is 15.5 Å². The molecular weight excluding hydrogens is 371 g/mol. The molecule has 0 amide bonds. The van der Waals surface area contributed by atoms with Crippen LogP contribution in [-0.4, -0.2) is 63.9 Å². The molecule has 29 heavy (non-hydrogen) atoms. The first-order valence-electron chi connectivity index (χ1n) is 10.3. The number of nitrogens with one attached hydrogen (secondary N) is 2. The average Bonchev–Trinajstić information content (AvgIpc) is 2.68. The average molecular weight is 409 g/mol. The molecule has 1 aliphatic heterocycles. The summed E-state index contributed by atoms with van der Waals surface area (Å²) in [6, 6.07) is 5.57. The molecule has 0 radical (unpaired) electrons. The number of benzene rings is 1. The first kappa shape index (κ1) is 23.4. The van der Waals surface area contributed by atoms with Crippen molar-refractivity contribution in [3.8, 4) is 5.75 Å². The highest BCUT2D eigenvalue weighted by Gasteiger charge is 2.25. The molecule has 1 heterocycles. The van der Waals surface area contributed by atoms with Crippen LogP contribution in [0.2, 0.25) is 0 Å². The van der Waals surface area contributed by atoms with Gasteiger partial charge in [0.1, 0.15) is 0 Å². The highest BCUT2D eigenvalue weighted by atomic mass is 19.1. The van der Waals surface area contributed by atoms with Gasteiger partial charge in [0, 0.05) is 46.4 Å². The quantitative estimate of drug-likeness (QED) is 0.537. The van der Waals surface area contributed by atoms with E-state index >= 15 is 0 Å². The SMILES string of the molecule is CN=C(NCC(OC)C(C)(C)C)NC1CCN(Cc2ccc(OC)c(F)c2)CC1. The van der Waals surface area contributed by atoms with Gasteiger partial charge >= 0.3 is 0 Å². The summed E-state index contributed by atoms with van der Waals surface area (Å²) in [5, 5.41) is 6.91. The maximum atomic E-state index is 13.9. The van der Waals surface area contributed by atoms with Crippen molar-refractivity contribution in [2.24, 2.45) is 10.4 Å². The Kier molecular flexibility index (Phi) is 8.71. The highest BCUT2D eigenvalue weighted by Crippen LogP contribution is 2.21. The fourth-order valence-electron chi connectivity index (χ4n) is 3.62. The van der Waals surface area contributed by atoms with E-state index in [1.54, 1.807) is 26.3 Å². The van der Waals surface area contributed by atoms with Crippen LogP contribution in [0.3, 0.4) is 0 Å². The van der Waals surface area contributed by atoms with E-state index in [0.29, 0.717) is 12.6 Å². The Hall–Kier alpha value is -1.86. The van der Waals surface area contributed by atoms with Crippen molar-refractivity contribution in [3.63, 3.8) is 0 Å². The first-order chi connectivity index (χ1) is 13.8. The molecule has 0 aliphatic carbocycles. The minimum atomic E-state index is -0.305. The summed E-state index contributed by atoms with van der Waals surface area (Å²) in [4.78, 5) is 6.71. The van der Waals surface area contributed by atoms with E-state index in [-0.39, 0.29) is 23.1 Å². The Labute approximate surface area is 174 Å². The number of ether oxygens (including phenoxy) is 2. The van der Waals surface area contributed by atoms with Crippen LogP contribution in [0.1, 0.15) is 39.2 Å². The third kappa shape index (κ3) is 7.16. The molecule has 0 saturated carbocycles. The number of nitrogens with zero attached hydrogens (tertiary/aromatic N) is 2. The summed E-state index contributed by atoms with van der Waals surface area (Å²) >= 11 is 0. The summed E-state index contributed by atoms with van der Waals surface area (Å²) in [6.45, 7) is 9.90. The van der Waals surface area contributed by atoms with Crippen LogP contribution < -0.4 is 15.4 Å². The molecule has 1 aromatic rings. The number of rotatable bonds is 7. The summed E-state index contributed by atoms with van der Waals surface area (Å²) < 4.78 is 24.5. The van der Waals surface area contributed by atoms with Crippen molar-refractivity contribution >= 4 is 5.96 Å². The van der Waals surface area contributed by atoms with Crippen LogP contribution >= 0.6 is 0 Å². The molecule has 0 bridgehead atoms. The van der Waals surface area contributed by atoms with Gasteiger partial charge in [0.05, 0.1) is 13.2 Å². The lowest BCUT2D eigenvalue weighted by Crippen LogP contribution is -2.51. The zero-order chi connectivity index (χ0) is 21.4. The van der Waals surface area contributed by atoms with E-state index in [1.807, 2.05) is 6.07 Å². The molecule has 1 fully saturated rings. The van der Waals surface area contributed by atoms with Crippen molar-refractivity contribution in [1.29, 1.82) is 0 Å². The molecule has 2 N–H and O–H groups in total. The van der Waals surface area contributed by atoms with Gasteiger partial charge in [0.15, 0.2) is 17.5 Å². The Balaban J connectivity index is 1.78. The maximum absolute atomic E-state index is 13.9. The van der Waals surface area contributed by atoms with Crippen molar-refractivity contribution < 1.29 is 13.9 Å². The zero-order valence-electron chi connectivity index (χ0n) is 18.7. The van der Waals surface area contributed by atoms with E-state index in [0.717, 1.165) is 44.0 Å². The second kappa shape index (κ2) is 10.8. The molecule has 1 unspecified atom stereocenters. The van der Waals surface area contributed by atoms with E-state index in [1.165, 1.54) is 7.11 Å². The van der Waals surface area contributed by atoms with Crippen LogP contribution in [0.15, 0.2) is 23.2 Å². The van der Waals surface area contributed by atoms with Crippen LogP contribution in [-0.2, 0) is 11.3 Å². The minimum Gasteiger partial charge on any atom is -0.494 e. The van der Waals surface area contributed by atoms with Gasteiger partial charge in [-0.1, -0.05) is 26.8 Å².